The number of para-hydroxylation sites is 1. The van der Waals surface area contributed by atoms with Gasteiger partial charge in [0.05, 0.1) is 5.02 Å². The first-order valence-electron chi connectivity index (χ1n) is 7.40. The van der Waals surface area contributed by atoms with Gasteiger partial charge in [0.15, 0.2) is 0 Å². The number of rotatable bonds is 2. The Morgan fingerprint density at radius 3 is 2.61 bits per heavy atom. The van der Waals surface area contributed by atoms with Crippen molar-refractivity contribution in [3.8, 4) is 0 Å². The molecule has 3 aromatic rings. The van der Waals surface area contributed by atoms with Gasteiger partial charge in [-0.1, -0.05) is 41.9 Å². The maximum Gasteiger partial charge on any atom is 0.244 e. The van der Waals surface area contributed by atoms with Crippen molar-refractivity contribution >= 4 is 32.5 Å². The molecule has 0 aliphatic carbocycles. The van der Waals surface area contributed by atoms with Crippen LogP contribution in [-0.2, 0) is 23.0 Å². The lowest BCUT2D eigenvalue weighted by Crippen LogP contribution is -2.35. The average Bonchev–Trinajstić information content (AvgIpc) is 2.93. The van der Waals surface area contributed by atoms with Gasteiger partial charge in [-0.05, 0) is 23.8 Å². The lowest BCUT2D eigenvalue weighted by Gasteiger charge is -2.26. The number of halogens is 1. The van der Waals surface area contributed by atoms with Crippen molar-refractivity contribution in [1.82, 2.24) is 9.29 Å². The van der Waals surface area contributed by atoms with Crippen molar-refractivity contribution in [3.05, 3.63) is 64.8 Å². The molecule has 4 nitrogen and oxygen atoms in total. The highest BCUT2D eigenvalue weighted by Gasteiger charge is 2.31. The van der Waals surface area contributed by atoms with E-state index in [1.54, 1.807) is 24.3 Å². The Morgan fingerprint density at radius 1 is 1.04 bits per heavy atom. The molecule has 0 amide bonds. The number of sulfonamides is 1. The van der Waals surface area contributed by atoms with Crippen molar-refractivity contribution in [3.63, 3.8) is 0 Å². The number of aromatic nitrogens is 1. The van der Waals surface area contributed by atoms with Crippen LogP contribution in [0, 0.1) is 0 Å². The maximum atomic E-state index is 12.9. The maximum absolute atomic E-state index is 12.9. The summed E-state index contributed by atoms with van der Waals surface area (Å²) in [4.78, 5) is 3.56. The largest absolute Gasteiger partial charge is 0.358 e. The minimum Gasteiger partial charge on any atom is -0.358 e. The fourth-order valence-electron chi connectivity index (χ4n) is 3.14. The molecule has 4 rings (SSSR count). The third-order valence-corrected chi connectivity index (χ3v) is 6.65. The molecule has 0 bridgehead atoms. The van der Waals surface area contributed by atoms with Crippen LogP contribution in [0.15, 0.2) is 53.4 Å². The molecule has 0 saturated carbocycles. The molecule has 0 spiro atoms. The van der Waals surface area contributed by atoms with Crippen molar-refractivity contribution in [1.29, 1.82) is 0 Å². The molecular weight excluding hydrogens is 332 g/mol. The standard InChI is InChI=1S/C17H15ClN2O2S/c18-14-6-2-4-8-17(14)23(21,22)20-10-9-16-13(11-20)12-5-1-3-7-15(12)19-16/h1-8,19H,9-11H2. The van der Waals surface area contributed by atoms with Gasteiger partial charge in [-0.2, -0.15) is 4.31 Å². The number of nitrogens with zero attached hydrogens (tertiary/aromatic N) is 1. The summed E-state index contributed by atoms with van der Waals surface area (Å²) in [6.07, 6.45) is 0.674. The van der Waals surface area contributed by atoms with E-state index < -0.39 is 10.0 Å². The van der Waals surface area contributed by atoms with Crippen molar-refractivity contribution < 1.29 is 8.42 Å². The Kier molecular flexibility index (Phi) is 3.44. The van der Waals surface area contributed by atoms with E-state index in [9.17, 15) is 8.42 Å². The summed E-state index contributed by atoms with van der Waals surface area (Å²) in [5.74, 6) is 0. The quantitative estimate of drug-likeness (QED) is 0.771. The smallest absolute Gasteiger partial charge is 0.244 e. The molecule has 0 fully saturated rings. The molecule has 0 saturated heterocycles. The SMILES string of the molecule is O=S(=O)(c1ccccc1Cl)N1CCc2[nH]c3ccccc3c2C1. The second-order valence-corrected chi connectivity index (χ2v) is 7.96. The second-order valence-electron chi connectivity index (χ2n) is 5.65. The number of fused-ring (bicyclic) bond motifs is 3. The van der Waals surface area contributed by atoms with Gasteiger partial charge in [-0.25, -0.2) is 8.42 Å². The summed E-state index contributed by atoms with van der Waals surface area (Å²) >= 11 is 6.09. The van der Waals surface area contributed by atoms with Crippen molar-refractivity contribution in [2.45, 2.75) is 17.9 Å². The van der Waals surface area contributed by atoms with Crippen LogP contribution < -0.4 is 0 Å². The first kappa shape index (κ1) is 14.8. The third-order valence-electron chi connectivity index (χ3n) is 4.30. The highest BCUT2D eigenvalue weighted by Crippen LogP contribution is 2.32. The van der Waals surface area contributed by atoms with Crippen LogP contribution in [-0.4, -0.2) is 24.3 Å². The van der Waals surface area contributed by atoms with Gasteiger partial charge >= 0.3 is 0 Å². The molecule has 1 aliphatic heterocycles. The molecule has 0 unspecified atom stereocenters. The second kappa shape index (κ2) is 5.37. The average molecular weight is 347 g/mol. The monoisotopic (exact) mass is 346 g/mol. The fraction of sp³-hybridized carbons (Fsp3) is 0.176. The van der Waals surface area contributed by atoms with Gasteiger partial charge in [0.2, 0.25) is 10.0 Å². The van der Waals surface area contributed by atoms with E-state index in [0.29, 0.717) is 19.5 Å². The summed E-state index contributed by atoms with van der Waals surface area (Å²) < 4.78 is 27.3. The van der Waals surface area contributed by atoms with Gasteiger partial charge in [0, 0.05) is 36.1 Å². The number of aromatic amines is 1. The molecule has 1 N–H and O–H groups in total. The molecule has 0 radical (unpaired) electrons. The fourth-order valence-corrected chi connectivity index (χ4v) is 5.04. The van der Waals surface area contributed by atoms with E-state index in [0.717, 1.165) is 22.2 Å². The van der Waals surface area contributed by atoms with E-state index in [4.69, 9.17) is 11.6 Å². The Morgan fingerprint density at radius 2 is 1.78 bits per heavy atom. The van der Waals surface area contributed by atoms with Crippen LogP contribution in [0.25, 0.3) is 10.9 Å². The predicted molar refractivity (Wildman–Crippen MR) is 91.1 cm³/mol. The minimum atomic E-state index is -3.59. The molecule has 0 atom stereocenters. The van der Waals surface area contributed by atoms with Crippen molar-refractivity contribution in [2.24, 2.45) is 0 Å². The summed E-state index contributed by atoms with van der Waals surface area (Å²) in [5.41, 5.74) is 3.23. The van der Waals surface area contributed by atoms with Gasteiger partial charge in [-0.15, -0.1) is 0 Å². The highest BCUT2D eigenvalue weighted by molar-refractivity contribution is 7.89. The van der Waals surface area contributed by atoms with E-state index in [-0.39, 0.29) is 9.92 Å². The zero-order chi connectivity index (χ0) is 16.0. The molecule has 1 aromatic heterocycles. The lowest BCUT2D eigenvalue weighted by atomic mass is 10.1. The number of nitrogens with one attached hydrogen (secondary N) is 1. The summed E-state index contributed by atoms with van der Waals surface area (Å²) in [7, 11) is -3.59. The summed E-state index contributed by atoms with van der Waals surface area (Å²) in [6, 6.07) is 14.6. The van der Waals surface area contributed by atoms with Crippen LogP contribution >= 0.6 is 11.6 Å². The first-order chi connectivity index (χ1) is 11.1. The number of hydrogen-bond donors (Lipinski definition) is 1. The van der Waals surface area contributed by atoms with E-state index in [1.165, 1.54) is 4.31 Å². The molecule has 118 valence electrons. The number of benzene rings is 2. The van der Waals surface area contributed by atoms with Crippen molar-refractivity contribution in [2.75, 3.05) is 6.54 Å². The molecule has 6 heteroatoms. The zero-order valence-corrected chi connectivity index (χ0v) is 13.9. The molecular formula is C17H15ClN2O2S. The van der Waals surface area contributed by atoms with E-state index in [2.05, 4.69) is 4.98 Å². The predicted octanol–water partition coefficient (Wildman–Crippen LogP) is 3.57. The van der Waals surface area contributed by atoms with E-state index >= 15 is 0 Å². The van der Waals surface area contributed by atoms with Crippen LogP contribution in [0.4, 0.5) is 0 Å². The van der Waals surface area contributed by atoms with Gasteiger partial charge in [0.1, 0.15) is 4.90 Å². The van der Waals surface area contributed by atoms with Crippen LogP contribution in [0.1, 0.15) is 11.3 Å². The minimum absolute atomic E-state index is 0.171. The first-order valence-corrected chi connectivity index (χ1v) is 9.22. The third kappa shape index (κ3) is 2.36. The lowest BCUT2D eigenvalue weighted by molar-refractivity contribution is 0.391. The molecule has 1 aliphatic rings. The summed E-state index contributed by atoms with van der Waals surface area (Å²) in [6.45, 7) is 0.820. The summed E-state index contributed by atoms with van der Waals surface area (Å²) in [5, 5.41) is 1.35. The Bertz CT molecular complexity index is 995. The van der Waals surface area contributed by atoms with E-state index in [1.807, 2.05) is 24.3 Å². The number of hydrogen-bond acceptors (Lipinski definition) is 2. The Hall–Kier alpha value is -1.82. The normalized spacial score (nSPS) is 15.7. The van der Waals surface area contributed by atoms with Crippen LogP contribution in [0.5, 0.6) is 0 Å². The molecule has 2 heterocycles. The zero-order valence-electron chi connectivity index (χ0n) is 12.3. The Labute approximate surface area is 139 Å². The topological polar surface area (TPSA) is 53.2 Å². The Balaban J connectivity index is 1.77. The van der Waals surface area contributed by atoms with Gasteiger partial charge in [-0.3, -0.25) is 0 Å². The van der Waals surface area contributed by atoms with Gasteiger partial charge < -0.3 is 4.98 Å². The molecule has 23 heavy (non-hydrogen) atoms. The number of H-pyrrole nitrogens is 1. The molecule has 2 aromatic carbocycles. The van der Waals surface area contributed by atoms with Gasteiger partial charge in [0.25, 0.3) is 0 Å². The van der Waals surface area contributed by atoms with Crippen LogP contribution in [0.2, 0.25) is 5.02 Å². The highest BCUT2D eigenvalue weighted by atomic mass is 35.5. The van der Waals surface area contributed by atoms with Crippen LogP contribution in [0.3, 0.4) is 0 Å².